The van der Waals surface area contributed by atoms with Crippen molar-refractivity contribution in [2.45, 2.75) is 25.8 Å². The second-order valence-corrected chi connectivity index (χ2v) is 8.59. The fourth-order valence-corrected chi connectivity index (χ4v) is 4.59. The highest BCUT2D eigenvalue weighted by Gasteiger charge is 2.16. The first-order chi connectivity index (χ1) is 15.6. The highest BCUT2D eigenvalue weighted by molar-refractivity contribution is 5.86. The van der Waals surface area contributed by atoms with E-state index in [9.17, 15) is 0 Å². The summed E-state index contributed by atoms with van der Waals surface area (Å²) < 4.78 is 10.9. The molecule has 0 saturated carbocycles. The molecule has 1 aliphatic heterocycles. The van der Waals surface area contributed by atoms with Crippen LogP contribution in [-0.2, 0) is 6.42 Å². The third kappa shape index (κ3) is 4.76. The van der Waals surface area contributed by atoms with Crippen molar-refractivity contribution in [1.29, 1.82) is 0 Å². The Morgan fingerprint density at radius 3 is 2.56 bits per heavy atom. The van der Waals surface area contributed by atoms with E-state index in [4.69, 9.17) is 9.47 Å². The van der Waals surface area contributed by atoms with E-state index in [1.54, 1.807) is 14.2 Å². The van der Waals surface area contributed by atoms with Crippen LogP contribution in [0.5, 0.6) is 11.5 Å². The van der Waals surface area contributed by atoms with Crippen LogP contribution in [0, 0.1) is 0 Å². The van der Waals surface area contributed by atoms with Gasteiger partial charge in [0.15, 0.2) is 11.5 Å². The second-order valence-electron chi connectivity index (χ2n) is 8.59. The van der Waals surface area contributed by atoms with Gasteiger partial charge >= 0.3 is 0 Å². The van der Waals surface area contributed by atoms with Gasteiger partial charge in [0.05, 0.1) is 14.2 Å². The molecular weight excluding hydrogens is 396 g/mol. The van der Waals surface area contributed by atoms with Crippen molar-refractivity contribution in [1.82, 2.24) is 9.80 Å². The van der Waals surface area contributed by atoms with E-state index < -0.39 is 0 Å². The quantitative estimate of drug-likeness (QED) is 0.453. The topological polar surface area (TPSA) is 24.9 Å². The number of methoxy groups -OCH3 is 2. The Morgan fingerprint density at radius 1 is 1.00 bits per heavy atom. The molecule has 4 nitrogen and oxygen atoms in total. The van der Waals surface area contributed by atoms with Gasteiger partial charge in [-0.2, -0.15) is 0 Å². The van der Waals surface area contributed by atoms with Crippen LogP contribution in [0.3, 0.4) is 0 Å². The molecule has 0 aliphatic carbocycles. The lowest BCUT2D eigenvalue weighted by molar-refractivity contribution is 0.244. The molecule has 0 amide bonds. The maximum Gasteiger partial charge on any atom is 0.161 e. The smallest absolute Gasteiger partial charge is 0.161 e. The van der Waals surface area contributed by atoms with Crippen molar-refractivity contribution in [2.75, 3.05) is 40.9 Å². The standard InChI is InChI=1S/C28H34N2O2/c1-21(25-12-7-10-22-9-5-6-11-26(22)25)29(2)15-8-16-30-17-13-23-19-27(31-3)28(32-4)20-24(23)14-18-30/h5-7,9-13,17,19-21H,8,14-16,18H2,1-4H3. The van der Waals surface area contributed by atoms with Crippen LogP contribution in [0.1, 0.15) is 36.1 Å². The molecule has 4 rings (SSSR count). The SMILES string of the molecule is COc1cc2c(cc1OC)CCN(CCCN(C)C(C)c1cccc3ccccc13)C=C2. The van der Waals surface area contributed by atoms with E-state index in [1.165, 1.54) is 27.5 Å². The number of hydrogen-bond donors (Lipinski definition) is 0. The third-order valence-corrected chi connectivity index (χ3v) is 6.67. The molecular formula is C28H34N2O2. The van der Waals surface area contributed by atoms with E-state index in [0.29, 0.717) is 6.04 Å². The molecule has 0 radical (unpaired) electrons. The van der Waals surface area contributed by atoms with E-state index in [1.807, 2.05) is 0 Å². The Balaban J connectivity index is 1.35. The summed E-state index contributed by atoms with van der Waals surface area (Å²) in [6, 6.07) is 19.9. The molecule has 3 aromatic rings. The van der Waals surface area contributed by atoms with Gasteiger partial charge in [0.25, 0.3) is 0 Å². The normalized spacial score (nSPS) is 14.3. The Morgan fingerprint density at radius 2 is 1.75 bits per heavy atom. The zero-order valence-corrected chi connectivity index (χ0v) is 19.7. The predicted molar refractivity (Wildman–Crippen MR) is 133 cm³/mol. The molecule has 168 valence electrons. The number of hydrogen-bond acceptors (Lipinski definition) is 4. The van der Waals surface area contributed by atoms with Crippen LogP contribution in [0.4, 0.5) is 0 Å². The molecule has 0 N–H and O–H groups in total. The van der Waals surface area contributed by atoms with Crippen LogP contribution in [0.15, 0.2) is 60.8 Å². The molecule has 1 atom stereocenters. The minimum atomic E-state index is 0.380. The van der Waals surface area contributed by atoms with Gasteiger partial charge in [-0.05, 0) is 78.7 Å². The van der Waals surface area contributed by atoms with Gasteiger partial charge in [0.1, 0.15) is 0 Å². The van der Waals surface area contributed by atoms with Crippen molar-refractivity contribution in [3.8, 4) is 11.5 Å². The maximum absolute atomic E-state index is 5.48. The zero-order chi connectivity index (χ0) is 22.5. The molecule has 0 saturated heterocycles. The van der Waals surface area contributed by atoms with Gasteiger partial charge in [-0.15, -0.1) is 0 Å². The van der Waals surface area contributed by atoms with Gasteiger partial charge in [-0.25, -0.2) is 0 Å². The summed E-state index contributed by atoms with van der Waals surface area (Å²) in [5.74, 6) is 1.59. The van der Waals surface area contributed by atoms with Gasteiger partial charge in [-0.3, -0.25) is 4.90 Å². The van der Waals surface area contributed by atoms with Gasteiger partial charge in [0, 0.05) is 25.7 Å². The van der Waals surface area contributed by atoms with E-state index >= 15 is 0 Å². The first-order valence-electron chi connectivity index (χ1n) is 11.5. The molecule has 1 unspecified atom stereocenters. The molecule has 0 spiro atoms. The molecule has 1 aliphatic rings. The van der Waals surface area contributed by atoms with Gasteiger partial charge < -0.3 is 14.4 Å². The predicted octanol–water partition coefficient (Wildman–Crippen LogP) is 5.77. The summed E-state index contributed by atoms with van der Waals surface area (Å²) in [4.78, 5) is 4.89. The van der Waals surface area contributed by atoms with Crippen molar-refractivity contribution < 1.29 is 9.47 Å². The van der Waals surface area contributed by atoms with Gasteiger partial charge in [0.2, 0.25) is 0 Å². The van der Waals surface area contributed by atoms with Crippen LogP contribution in [0.2, 0.25) is 0 Å². The highest BCUT2D eigenvalue weighted by Crippen LogP contribution is 2.32. The molecule has 1 heterocycles. The summed E-state index contributed by atoms with van der Waals surface area (Å²) in [6.07, 6.45) is 6.56. The van der Waals surface area contributed by atoms with Gasteiger partial charge in [-0.1, -0.05) is 42.5 Å². The zero-order valence-electron chi connectivity index (χ0n) is 19.7. The second kappa shape index (κ2) is 10.1. The minimum Gasteiger partial charge on any atom is -0.493 e. The highest BCUT2D eigenvalue weighted by atomic mass is 16.5. The van der Waals surface area contributed by atoms with Crippen LogP contribution >= 0.6 is 0 Å². The lowest BCUT2D eigenvalue weighted by Gasteiger charge is -2.27. The summed E-state index contributed by atoms with van der Waals surface area (Å²) in [5.41, 5.74) is 3.92. The molecule has 4 heteroatoms. The Bertz CT molecular complexity index is 1090. The molecule has 0 fully saturated rings. The minimum absolute atomic E-state index is 0.380. The summed E-state index contributed by atoms with van der Waals surface area (Å²) >= 11 is 0. The number of benzene rings is 3. The largest absolute Gasteiger partial charge is 0.493 e. The monoisotopic (exact) mass is 430 g/mol. The van der Waals surface area contributed by atoms with Crippen molar-refractivity contribution in [3.05, 3.63) is 77.5 Å². The molecule has 0 aromatic heterocycles. The van der Waals surface area contributed by atoms with E-state index in [0.717, 1.165) is 44.0 Å². The van der Waals surface area contributed by atoms with E-state index in [-0.39, 0.29) is 0 Å². The number of fused-ring (bicyclic) bond motifs is 2. The molecule has 32 heavy (non-hydrogen) atoms. The number of nitrogens with zero attached hydrogens (tertiary/aromatic N) is 2. The first-order valence-corrected chi connectivity index (χ1v) is 11.5. The fraction of sp³-hybridized carbons (Fsp3) is 0.357. The van der Waals surface area contributed by atoms with Crippen LogP contribution in [0.25, 0.3) is 16.8 Å². The van der Waals surface area contributed by atoms with Crippen molar-refractivity contribution in [3.63, 3.8) is 0 Å². The maximum atomic E-state index is 5.48. The summed E-state index contributed by atoms with van der Waals surface area (Å²) in [6.45, 7) is 5.43. The third-order valence-electron chi connectivity index (χ3n) is 6.67. The van der Waals surface area contributed by atoms with Crippen molar-refractivity contribution >= 4 is 16.8 Å². The average Bonchev–Trinajstić information content (AvgIpc) is 3.04. The first kappa shape index (κ1) is 22.2. The molecule has 3 aromatic carbocycles. The number of rotatable bonds is 8. The van der Waals surface area contributed by atoms with Crippen molar-refractivity contribution in [2.24, 2.45) is 0 Å². The van der Waals surface area contributed by atoms with E-state index in [2.05, 4.69) is 90.6 Å². The lowest BCUT2D eigenvalue weighted by Crippen LogP contribution is -2.28. The number of ether oxygens (including phenoxy) is 2. The lowest BCUT2D eigenvalue weighted by atomic mass is 9.99. The summed E-state index contributed by atoms with van der Waals surface area (Å²) in [7, 11) is 5.62. The Hall–Kier alpha value is -2.98. The average molecular weight is 431 g/mol. The Labute approximate surface area is 192 Å². The van der Waals surface area contributed by atoms with Crippen LogP contribution in [-0.4, -0.2) is 50.7 Å². The van der Waals surface area contributed by atoms with Crippen LogP contribution < -0.4 is 9.47 Å². The fourth-order valence-electron chi connectivity index (χ4n) is 4.59. The molecule has 0 bridgehead atoms. The Kier molecular flexibility index (Phi) is 7.01. The summed E-state index contributed by atoms with van der Waals surface area (Å²) in [5, 5.41) is 2.67.